The van der Waals surface area contributed by atoms with Crippen molar-refractivity contribution in [2.24, 2.45) is 7.05 Å². The largest absolute Gasteiger partial charge is 0.329 e. The van der Waals surface area contributed by atoms with Crippen LogP contribution in [-0.2, 0) is 16.1 Å². The average molecular weight is 187 g/mol. The smallest absolute Gasteiger partial charge is 0.230 e. The van der Waals surface area contributed by atoms with Gasteiger partial charge in [-0.1, -0.05) is 4.68 Å². The third kappa shape index (κ3) is 1.90. The van der Waals surface area contributed by atoms with Gasteiger partial charge in [0.15, 0.2) is 13.2 Å². The molecule has 0 aliphatic rings. The highest BCUT2D eigenvalue weighted by molar-refractivity contribution is 7.66. The van der Waals surface area contributed by atoms with Crippen molar-refractivity contribution in [2.75, 3.05) is 13.8 Å². The number of hydrogen-bond acceptors (Lipinski definition) is 3. The minimum absolute atomic E-state index is 0.642. The highest BCUT2D eigenvalue weighted by Gasteiger charge is 2.18. The second-order valence-corrected chi connectivity index (χ2v) is 5.16. The number of aromatic nitrogens is 2. The van der Waals surface area contributed by atoms with Crippen LogP contribution in [-0.4, -0.2) is 18.9 Å². The zero-order chi connectivity index (χ0) is 9.19. The van der Waals surface area contributed by atoms with Gasteiger partial charge >= 0.3 is 0 Å². The minimum atomic E-state index is -2.62. The Morgan fingerprint density at radius 2 is 2.33 bits per heavy atom. The van der Waals surface area contributed by atoms with Crippen molar-refractivity contribution in [3.05, 3.63) is 18.5 Å². The molecule has 0 fully saturated rings. The van der Waals surface area contributed by atoms with Crippen LogP contribution in [0.1, 0.15) is 0 Å². The molecule has 1 unspecified atom stereocenters. The molecule has 0 aliphatic carbocycles. The molecule has 0 bridgehead atoms. The van der Waals surface area contributed by atoms with Gasteiger partial charge in [0, 0.05) is 19.8 Å². The Morgan fingerprint density at radius 3 is 2.75 bits per heavy atom. The van der Waals surface area contributed by atoms with Crippen LogP contribution in [0.15, 0.2) is 18.5 Å². The summed E-state index contributed by atoms with van der Waals surface area (Å²) in [7, 11) is 0.620. The fraction of sp³-hybridized carbons (Fsp3) is 0.429. The van der Waals surface area contributed by atoms with Crippen molar-refractivity contribution < 1.29 is 13.8 Å². The van der Waals surface area contributed by atoms with Gasteiger partial charge in [-0.2, -0.15) is 0 Å². The van der Waals surface area contributed by atoms with E-state index >= 15 is 0 Å². The van der Waals surface area contributed by atoms with Crippen molar-refractivity contribution in [3.63, 3.8) is 0 Å². The molecule has 0 saturated heterocycles. The van der Waals surface area contributed by atoms with Crippen molar-refractivity contribution >= 4 is 12.7 Å². The monoisotopic (exact) mass is 187 g/mol. The Morgan fingerprint density at radius 1 is 1.67 bits per heavy atom. The van der Waals surface area contributed by atoms with Crippen LogP contribution in [0.25, 0.3) is 0 Å². The molecule has 1 aromatic heterocycles. The van der Waals surface area contributed by atoms with Crippen LogP contribution >= 0.6 is 7.37 Å². The van der Waals surface area contributed by atoms with E-state index in [0.29, 0.717) is 5.30 Å². The van der Waals surface area contributed by atoms with Crippen molar-refractivity contribution in [1.29, 1.82) is 0 Å². The summed E-state index contributed by atoms with van der Waals surface area (Å²) in [5.74, 6) is 0. The van der Waals surface area contributed by atoms with Gasteiger partial charge in [0.2, 0.25) is 7.37 Å². The maximum absolute atomic E-state index is 11.6. The quantitative estimate of drug-likeness (QED) is 0.486. The second-order valence-electron chi connectivity index (χ2n) is 2.59. The molecule has 12 heavy (non-hydrogen) atoms. The molecular formula is C7H12N2O2P+. The summed E-state index contributed by atoms with van der Waals surface area (Å²) >= 11 is 0. The fourth-order valence-electron chi connectivity index (χ4n) is 0.762. The van der Waals surface area contributed by atoms with Crippen LogP contribution < -0.4 is 9.99 Å². The lowest BCUT2D eigenvalue weighted by molar-refractivity contribution is -0.730. The van der Waals surface area contributed by atoms with Crippen LogP contribution in [0.3, 0.4) is 0 Å². The second kappa shape index (κ2) is 3.33. The fourth-order valence-corrected chi connectivity index (χ4v) is 1.57. The van der Waals surface area contributed by atoms with Gasteiger partial charge < -0.3 is 4.52 Å². The number of nitrogens with zero attached hydrogens (tertiary/aromatic N) is 2. The van der Waals surface area contributed by atoms with Crippen LogP contribution in [0.4, 0.5) is 0 Å². The first-order chi connectivity index (χ1) is 5.56. The van der Waals surface area contributed by atoms with Gasteiger partial charge in [0.25, 0.3) is 0 Å². The Hall–Kier alpha value is -0.730. The highest BCUT2D eigenvalue weighted by Crippen LogP contribution is 2.39. The Kier molecular flexibility index (Phi) is 2.60. The highest BCUT2D eigenvalue weighted by atomic mass is 31.2. The van der Waals surface area contributed by atoms with Crippen LogP contribution in [0, 0.1) is 0 Å². The molecule has 0 N–H and O–H groups in total. The summed E-state index contributed by atoms with van der Waals surface area (Å²) in [6.45, 7) is 1.57. The molecule has 4 nitrogen and oxygen atoms in total. The van der Waals surface area contributed by atoms with Crippen molar-refractivity contribution in [1.82, 2.24) is 5.10 Å². The van der Waals surface area contributed by atoms with E-state index in [2.05, 4.69) is 5.10 Å². The number of aryl methyl sites for hydroxylation is 1. The Balaban J connectivity index is 3.05. The van der Waals surface area contributed by atoms with E-state index in [1.807, 2.05) is 0 Å². The summed E-state index contributed by atoms with van der Waals surface area (Å²) < 4.78 is 18.1. The minimum Gasteiger partial charge on any atom is -0.329 e. The molecular weight excluding hydrogens is 175 g/mol. The summed E-state index contributed by atoms with van der Waals surface area (Å²) in [6.07, 6.45) is 3.30. The summed E-state index contributed by atoms with van der Waals surface area (Å²) in [5.41, 5.74) is 0. The maximum atomic E-state index is 11.6. The van der Waals surface area contributed by atoms with E-state index in [-0.39, 0.29) is 0 Å². The van der Waals surface area contributed by atoms with Gasteiger partial charge in [-0.3, -0.25) is 4.57 Å². The molecule has 0 saturated carbocycles. The van der Waals surface area contributed by atoms with Gasteiger partial charge in [0.1, 0.15) is 6.20 Å². The molecule has 1 atom stereocenters. The molecule has 0 spiro atoms. The van der Waals surface area contributed by atoms with Crippen molar-refractivity contribution in [2.45, 2.75) is 0 Å². The summed E-state index contributed by atoms with van der Waals surface area (Å²) in [5, 5.41) is 4.60. The zero-order valence-electron chi connectivity index (χ0n) is 7.39. The predicted molar refractivity (Wildman–Crippen MR) is 45.6 cm³/mol. The molecule has 1 rings (SSSR count). The zero-order valence-corrected chi connectivity index (χ0v) is 8.28. The summed E-state index contributed by atoms with van der Waals surface area (Å²) in [4.78, 5) is 0. The van der Waals surface area contributed by atoms with E-state index in [9.17, 15) is 4.57 Å². The lowest BCUT2D eigenvalue weighted by atomic mass is 10.6. The van der Waals surface area contributed by atoms with Gasteiger partial charge in [-0.15, -0.1) is 0 Å². The molecule has 0 aromatic carbocycles. The Bertz CT molecular complexity index is 310. The molecule has 0 radical (unpaired) electrons. The molecule has 0 aliphatic heterocycles. The third-order valence-corrected chi connectivity index (χ3v) is 3.55. The maximum Gasteiger partial charge on any atom is 0.230 e. The molecule has 66 valence electrons. The summed E-state index contributed by atoms with van der Waals surface area (Å²) in [6, 6.07) is 1.75. The first-order valence-electron chi connectivity index (χ1n) is 3.52. The third-order valence-electron chi connectivity index (χ3n) is 1.65. The predicted octanol–water partition coefficient (Wildman–Crippen LogP) is 0.0857. The Labute approximate surface area is 71.6 Å². The van der Waals surface area contributed by atoms with Crippen LogP contribution in [0.5, 0.6) is 0 Å². The molecule has 0 amide bonds. The van der Waals surface area contributed by atoms with Gasteiger partial charge in [0.05, 0.1) is 5.30 Å². The van der Waals surface area contributed by atoms with E-state index in [1.165, 1.54) is 7.11 Å². The van der Waals surface area contributed by atoms with Gasteiger partial charge in [-0.25, -0.2) is 0 Å². The molecule has 1 aromatic rings. The number of hydrogen-bond donors (Lipinski definition) is 0. The first kappa shape index (κ1) is 9.36. The van der Waals surface area contributed by atoms with Crippen LogP contribution in [0.2, 0.25) is 0 Å². The van der Waals surface area contributed by atoms with E-state index in [4.69, 9.17) is 4.52 Å². The average Bonchev–Trinajstić information content (AvgIpc) is 2.05. The molecule has 5 heteroatoms. The SMILES string of the molecule is COP(C)(=O)c1cc[n+](C)nc1. The topological polar surface area (TPSA) is 43.1 Å². The standard InChI is InChI=1S/C7H12N2O2P/c1-9-5-4-7(6-8-9)12(3,10)11-2/h4-6H,1-3H3/q+1. The normalized spacial score (nSPS) is 15.6. The lowest BCUT2D eigenvalue weighted by Gasteiger charge is -2.07. The van der Waals surface area contributed by atoms with Crippen molar-refractivity contribution in [3.8, 4) is 0 Å². The van der Waals surface area contributed by atoms with E-state index in [1.54, 1.807) is 36.9 Å². The first-order valence-corrected chi connectivity index (χ1v) is 5.59. The van der Waals surface area contributed by atoms with Gasteiger partial charge in [-0.05, 0) is 5.10 Å². The van der Waals surface area contributed by atoms with E-state index in [0.717, 1.165) is 0 Å². The lowest BCUT2D eigenvalue weighted by Crippen LogP contribution is -2.33. The number of rotatable bonds is 2. The van der Waals surface area contributed by atoms with E-state index < -0.39 is 7.37 Å². The molecule has 1 heterocycles.